The van der Waals surface area contributed by atoms with Crippen molar-refractivity contribution in [1.29, 1.82) is 0 Å². The Morgan fingerprint density at radius 2 is 1.82 bits per heavy atom. The Bertz CT molecular complexity index is 1220. The van der Waals surface area contributed by atoms with E-state index in [1.165, 1.54) is 21.4 Å². The molecular weight excluding hydrogens is 436 g/mol. The monoisotopic (exact) mass is 468 g/mol. The fraction of sp³-hybridized carbons (Fsp3) is 0.440. The van der Waals surface area contributed by atoms with E-state index in [1.807, 2.05) is 44.2 Å². The average Bonchev–Trinajstić information content (AvgIpc) is 3.20. The highest BCUT2D eigenvalue weighted by molar-refractivity contribution is 5.68. The molecule has 0 radical (unpaired) electrons. The van der Waals surface area contributed by atoms with Gasteiger partial charge in [0.1, 0.15) is 11.3 Å². The van der Waals surface area contributed by atoms with Gasteiger partial charge in [-0.1, -0.05) is 49.3 Å². The predicted molar refractivity (Wildman–Crippen MR) is 128 cm³/mol. The Morgan fingerprint density at radius 3 is 2.47 bits per heavy atom. The molecule has 34 heavy (non-hydrogen) atoms. The van der Waals surface area contributed by atoms with Crippen LogP contribution in [0.15, 0.2) is 62.8 Å². The Hall–Kier alpha value is -3.62. The summed E-state index contributed by atoms with van der Waals surface area (Å²) in [6.07, 6.45) is 1.54. The van der Waals surface area contributed by atoms with Crippen LogP contribution >= 0.6 is 0 Å². The molecule has 0 aliphatic rings. The second kappa shape index (κ2) is 10.5. The van der Waals surface area contributed by atoms with Crippen molar-refractivity contribution < 1.29 is 14.1 Å². The van der Waals surface area contributed by atoms with Crippen LogP contribution < -0.4 is 16.6 Å². The highest BCUT2D eigenvalue weighted by atomic mass is 16.6. The summed E-state index contributed by atoms with van der Waals surface area (Å²) >= 11 is 0. The van der Waals surface area contributed by atoms with Gasteiger partial charge in [-0.05, 0) is 38.7 Å². The van der Waals surface area contributed by atoms with Gasteiger partial charge in [-0.15, -0.1) is 0 Å². The summed E-state index contributed by atoms with van der Waals surface area (Å²) < 4.78 is 13.4. The molecule has 1 N–H and O–H groups in total. The standard InChI is InChI=1S/C25H32N4O5/c1-17(2)13-20(26-23(31)33-25(3,4)5)21-14-19(34-27-21)16-28-12-11-22(30)29(24(28)32)15-18-9-7-6-8-10-18/h6-12,14,17,20H,13,15-16H2,1-5H3,(H,26,31)/t20-/m0/s1. The lowest BCUT2D eigenvalue weighted by Gasteiger charge is -2.23. The molecule has 9 heteroatoms. The second-order valence-corrected chi connectivity index (χ2v) is 9.68. The molecule has 0 spiro atoms. The Morgan fingerprint density at radius 1 is 1.12 bits per heavy atom. The van der Waals surface area contributed by atoms with Crippen molar-refractivity contribution in [2.45, 2.75) is 65.8 Å². The topological polar surface area (TPSA) is 108 Å². The van der Waals surface area contributed by atoms with Crippen molar-refractivity contribution in [3.8, 4) is 0 Å². The quantitative estimate of drug-likeness (QED) is 0.540. The number of alkyl carbamates (subject to hydrolysis) is 1. The lowest BCUT2D eigenvalue weighted by Crippen LogP contribution is -2.39. The van der Waals surface area contributed by atoms with Gasteiger partial charge in [0.25, 0.3) is 5.56 Å². The zero-order valence-corrected chi connectivity index (χ0v) is 20.3. The molecule has 0 bridgehead atoms. The van der Waals surface area contributed by atoms with E-state index in [0.717, 1.165) is 5.56 Å². The summed E-state index contributed by atoms with van der Waals surface area (Å²) in [7, 11) is 0. The van der Waals surface area contributed by atoms with Crippen LogP contribution in [0.3, 0.4) is 0 Å². The van der Waals surface area contributed by atoms with Crippen molar-refractivity contribution >= 4 is 6.09 Å². The Balaban J connectivity index is 1.80. The van der Waals surface area contributed by atoms with Gasteiger partial charge < -0.3 is 14.6 Å². The van der Waals surface area contributed by atoms with Gasteiger partial charge in [-0.25, -0.2) is 9.59 Å². The maximum absolute atomic E-state index is 13.0. The van der Waals surface area contributed by atoms with Crippen LogP contribution in [0.5, 0.6) is 0 Å². The summed E-state index contributed by atoms with van der Waals surface area (Å²) in [4.78, 5) is 37.6. The molecule has 0 fully saturated rings. The van der Waals surface area contributed by atoms with Crippen molar-refractivity contribution in [3.05, 3.63) is 86.5 Å². The van der Waals surface area contributed by atoms with Crippen LogP contribution in [0.1, 0.15) is 64.1 Å². The number of aromatic nitrogens is 3. The van der Waals surface area contributed by atoms with E-state index in [-0.39, 0.29) is 24.6 Å². The summed E-state index contributed by atoms with van der Waals surface area (Å²) in [5, 5.41) is 6.98. The average molecular weight is 469 g/mol. The molecule has 1 atom stereocenters. The Kier molecular flexibility index (Phi) is 7.75. The molecule has 0 saturated heterocycles. The second-order valence-electron chi connectivity index (χ2n) is 9.68. The first-order valence-electron chi connectivity index (χ1n) is 11.3. The molecule has 182 valence electrons. The largest absolute Gasteiger partial charge is 0.444 e. The van der Waals surface area contributed by atoms with Gasteiger partial charge in [-0.2, -0.15) is 0 Å². The number of ether oxygens (including phenoxy) is 1. The molecule has 3 rings (SSSR count). The van der Waals surface area contributed by atoms with E-state index in [2.05, 4.69) is 10.5 Å². The molecule has 0 aliphatic carbocycles. The minimum atomic E-state index is -0.620. The number of nitrogens with zero attached hydrogens (tertiary/aromatic N) is 3. The fourth-order valence-corrected chi connectivity index (χ4v) is 3.50. The number of carbonyl (C=O) groups excluding carboxylic acids is 1. The van der Waals surface area contributed by atoms with E-state index in [9.17, 15) is 14.4 Å². The molecular formula is C25H32N4O5. The van der Waals surface area contributed by atoms with Crippen LogP contribution in [0, 0.1) is 5.92 Å². The third-order valence-electron chi connectivity index (χ3n) is 4.98. The van der Waals surface area contributed by atoms with E-state index in [1.54, 1.807) is 26.8 Å². The van der Waals surface area contributed by atoms with Gasteiger partial charge >= 0.3 is 11.8 Å². The highest BCUT2D eigenvalue weighted by Gasteiger charge is 2.24. The van der Waals surface area contributed by atoms with Crippen LogP contribution in [0.2, 0.25) is 0 Å². The van der Waals surface area contributed by atoms with Crippen molar-refractivity contribution in [3.63, 3.8) is 0 Å². The maximum atomic E-state index is 13.0. The molecule has 0 unspecified atom stereocenters. The molecule has 1 amide bonds. The van der Waals surface area contributed by atoms with Gasteiger partial charge in [-0.3, -0.25) is 13.9 Å². The molecule has 1 aromatic carbocycles. The van der Waals surface area contributed by atoms with Crippen molar-refractivity contribution in [1.82, 2.24) is 19.6 Å². The van der Waals surface area contributed by atoms with E-state index < -0.39 is 23.4 Å². The minimum Gasteiger partial charge on any atom is -0.444 e. The van der Waals surface area contributed by atoms with E-state index in [4.69, 9.17) is 9.26 Å². The third kappa shape index (κ3) is 6.94. The lowest BCUT2D eigenvalue weighted by molar-refractivity contribution is 0.0495. The number of nitrogens with one attached hydrogen (secondary N) is 1. The molecule has 0 aliphatic heterocycles. The third-order valence-corrected chi connectivity index (χ3v) is 4.98. The zero-order chi connectivity index (χ0) is 24.9. The van der Waals surface area contributed by atoms with Crippen LogP contribution in [0.4, 0.5) is 4.79 Å². The summed E-state index contributed by atoms with van der Waals surface area (Å²) in [6.45, 7) is 9.76. The fourth-order valence-electron chi connectivity index (χ4n) is 3.50. The van der Waals surface area contributed by atoms with E-state index >= 15 is 0 Å². The van der Waals surface area contributed by atoms with Crippen LogP contribution in [0.25, 0.3) is 0 Å². The highest BCUT2D eigenvalue weighted by Crippen LogP contribution is 2.22. The molecule has 0 saturated carbocycles. The summed E-state index contributed by atoms with van der Waals surface area (Å²) in [6, 6.07) is 12.0. The molecule has 2 heterocycles. The number of benzene rings is 1. The molecule has 9 nitrogen and oxygen atoms in total. The van der Waals surface area contributed by atoms with Crippen molar-refractivity contribution in [2.75, 3.05) is 0 Å². The van der Waals surface area contributed by atoms with Crippen LogP contribution in [-0.4, -0.2) is 26.0 Å². The van der Waals surface area contributed by atoms with Gasteiger partial charge in [0.2, 0.25) is 0 Å². The number of rotatable bonds is 8. The number of hydrogen-bond acceptors (Lipinski definition) is 6. The van der Waals surface area contributed by atoms with Gasteiger partial charge in [0.15, 0.2) is 5.76 Å². The number of hydrogen-bond donors (Lipinski definition) is 1. The minimum absolute atomic E-state index is 0.0989. The number of carbonyl (C=O) groups is 1. The molecule has 3 aromatic rings. The maximum Gasteiger partial charge on any atom is 0.408 e. The normalized spacial score (nSPS) is 12.5. The smallest absolute Gasteiger partial charge is 0.408 e. The first-order chi connectivity index (χ1) is 16.0. The number of amides is 1. The predicted octanol–water partition coefficient (Wildman–Crippen LogP) is 3.71. The van der Waals surface area contributed by atoms with Gasteiger partial charge in [0, 0.05) is 18.3 Å². The summed E-state index contributed by atoms with van der Waals surface area (Å²) in [5.41, 5.74) is -0.0425. The zero-order valence-electron chi connectivity index (χ0n) is 20.3. The lowest BCUT2D eigenvalue weighted by atomic mass is 10.0. The first-order valence-corrected chi connectivity index (χ1v) is 11.3. The SMILES string of the molecule is CC(C)C[C@H](NC(=O)OC(C)(C)C)c1cc(Cn2ccc(=O)n(Cc3ccccc3)c2=O)on1. The molecule has 2 aromatic heterocycles. The first kappa shape index (κ1) is 25.0. The summed E-state index contributed by atoms with van der Waals surface area (Å²) in [5.74, 6) is 0.714. The van der Waals surface area contributed by atoms with Crippen LogP contribution in [-0.2, 0) is 17.8 Å². The van der Waals surface area contributed by atoms with Crippen molar-refractivity contribution in [2.24, 2.45) is 5.92 Å². The Labute approximate surface area is 198 Å². The van der Waals surface area contributed by atoms with E-state index in [0.29, 0.717) is 17.9 Å². The van der Waals surface area contributed by atoms with Gasteiger partial charge in [0.05, 0.1) is 19.1 Å².